The Morgan fingerprint density at radius 3 is 2.55 bits per heavy atom. The van der Waals surface area contributed by atoms with Gasteiger partial charge in [0.25, 0.3) is 5.56 Å². The number of H-pyrrole nitrogens is 1. The molecule has 1 aliphatic carbocycles. The Morgan fingerprint density at radius 2 is 1.95 bits per heavy atom. The van der Waals surface area contributed by atoms with Crippen LogP contribution in [-0.4, -0.2) is 9.78 Å². The van der Waals surface area contributed by atoms with E-state index in [1.165, 1.54) is 6.07 Å². The number of hydrogen-bond acceptors (Lipinski definition) is 1. The van der Waals surface area contributed by atoms with Crippen LogP contribution in [0.5, 0.6) is 0 Å². The van der Waals surface area contributed by atoms with E-state index in [1.54, 1.807) is 0 Å². The summed E-state index contributed by atoms with van der Waals surface area (Å²) >= 11 is 0. The Kier molecular flexibility index (Phi) is 2.74. The van der Waals surface area contributed by atoms with Crippen LogP contribution in [0, 0.1) is 5.82 Å². The number of aromatic amines is 1. The molecule has 3 nitrogen and oxygen atoms in total. The normalized spacial score (nSPS) is 15.6. The maximum absolute atomic E-state index is 13.5. The summed E-state index contributed by atoms with van der Waals surface area (Å²) < 4.78 is 53.0. The van der Waals surface area contributed by atoms with Crippen LogP contribution in [0.3, 0.4) is 0 Å². The number of nitrogens with one attached hydrogen (secondary N) is 1. The predicted octanol–water partition coefficient (Wildman–Crippen LogP) is 3.20. The van der Waals surface area contributed by atoms with E-state index >= 15 is 0 Å². The topological polar surface area (TPSA) is 37.8 Å². The molecule has 1 fully saturated rings. The number of halogens is 4. The Balaban J connectivity index is 2.19. The fourth-order valence-corrected chi connectivity index (χ4v) is 2.18. The molecule has 0 amide bonds. The summed E-state index contributed by atoms with van der Waals surface area (Å²) in [6, 6.07) is 4.20. The van der Waals surface area contributed by atoms with Crippen molar-refractivity contribution in [3.05, 3.63) is 51.7 Å². The van der Waals surface area contributed by atoms with Crippen molar-refractivity contribution < 1.29 is 17.6 Å². The first-order valence-corrected chi connectivity index (χ1v) is 6.06. The largest absolute Gasteiger partial charge is 0.421 e. The fraction of sp³-hybridized carbons (Fsp3) is 0.308. The quantitative estimate of drug-likeness (QED) is 0.846. The highest BCUT2D eigenvalue weighted by Gasteiger charge is 2.38. The lowest BCUT2D eigenvalue weighted by atomic mass is 10.1. The minimum Gasteiger partial charge on any atom is -0.295 e. The lowest BCUT2D eigenvalue weighted by molar-refractivity contribution is -0.139. The summed E-state index contributed by atoms with van der Waals surface area (Å²) in [6.07, 6.45) is -3.07. The lowest BCUT2D eigenvalue weighted by Gasteiger charge is -2.13. The Bertz CT molecular complexity index is 710. The first kappa shape index (κ1) is 13.0. The third-order valence-electron chi connectivity index (χ3n) is 3.27. The second-order valence-corrected chi connectivity index (χ2v) is 4.79. The molecule has 1 saturated carbocycles. The van der Waals surface area contributed by atoms with Gasteiger partial charge in [-0.3, -0.25) is 9.89 Å². The molecule has 0 aliphatic heterocycles. The second-order valence-electron chi connectivity index (χ2n) is 4.79. The van der Waals surface area contributed by atoms with Crippen LogP contribution in [-0.2, 0) is 6.18 Å². The van der Waals surface area contributed by atoms with Crippen molar-refractivity contribution in [3.63, 3.8) is 0 Å². The van der Waals surface area contributed by atoms with E-state index in [-0.39, 0.29) is 5.92 Å². The smallest absolute Gasteiger partial charge is 0.295 e. The second kappa shape index (κ2) is 4.22. The maximum Gasteiger partial charge on any atom is 0.421 e. The van der Waals surface area contributed by atoms with Gasteiger partial charge < -0.3 is 0 Å². The molecule has 1 heterocycles. The van der Waals surface area contributed by atoms with Gasteiger partial charge in [0.1, 0.15) is 11.4 Å². The average Bonchev–Trinajstić information content (AvgIpc) is 3.11. The molecule has 0 unspecified atom stereocenters. The van der Waals surface area contributed by atoms with Gasteiger partial charge in [0, 0.05) is 17.7 Å². The van der Waals surface area contributed by atoms with Gasteiger partial charge in [0.15, 0.2) is 0 Å². The fourth-order valence-electron chi connectivity index (χ4n) is 2.18. The molecular formula is C13H10F4N2O. The Hall–Kier alpha value is -2.05. The van der Waals surface area contributed by atoms with Crippen molar-refractivity contribution in [1.82, 2.24) is 9.78 Å². The van der Waals surface area contributed by atoms with Crippen LogP contribution in [0.1, 0.15) is 30.0 Å². The van der Waals surface area contributed by atoms with Crippen LogP contribution in [0.15, 0.2) is 29.1 Å². The average molecular weight is 286 g/mol. The highest BCUT2D eigenvalue weighted by molar-refractivity contribution is 5.43. The molecule has 3 rings (SSSR count). The number of alkyl halides is 3. The van der Waals surface area contributed by atoms with Crippen LogP contribution < -0.4 is 5.56 Å². The van der Waals surface area contributed by atoms with E-state index in [4.69, 9.17) is 0 Å². The molecule has 1 aliphatic rings. The summed E-state index contributed by atoms with van der Waals surface area (Å²) in [4.78, 5) is 11.8. The highest BCUT2D eigenvalue weighted by atomic mass is 19.4. The van der Waals surface area contributed by atoms with Gasteiger partial charge >= 0.3 is 6.18 Å². The lowest BCUT2D eigenvalue weighted by Crippen LogP contribution is -2.20. The minimum atomic E-state index is -4.87. The van der Waals surface area contributed by atoms with Crippen LogP contribution in [0.4, 0.5) is 17.6 Å². The van der Waals surface area contributed by atoms with Crippen molar-refractivity contribution in [1.29, 1.82) is 0 Å². The number of aromatic nitrogens is 2. The van der Waals surface area contributed by atoms with E-state index in [9.17, 15) is 22.4 Å². The van der Waals surface area contributed by atoms with E-state index in [0.717, 1.165) is 35.7 Å². The first-order valence-electron chi connectivity index (χ1n) is 6.06. The zero-order chi connectivity index (χ0) is 14.5. The van der Waals surface area contributed by atoms with Gasteiger partial charge in [-0.25, -0.2) is 9.07 Å². The molecule has 0 spiro atoms. The highest BCUT2D eigenvalue weighted by Crippen LogP contribution is 2.39. The number of rotatable bonds is 2. The Morgan fingerprint density at radius 1 is 1.25 bits per heavy atom. The summed E-state index contributed by atoms with van der Waals surface area (Å²) in [5, 5.41) is 2.64. The summed E-state index contributed by atoms with van der Waals surface area (Å²) in [5.74, 6) is -1.21. The van der Waals surface area contributed by atoms with Crippen molar-refractivity contribution in [3.8, 4) is 5.69 Å². The van der Waals surface area contributed by atoms with Gasteiger partial charge in [-0.15, -0.1) is 0 Å². The molecule has 106 valence electrons. The first-order chi connectivity index (χ1) is 9.38. The predicted molar refractivity (Wildman–Crippen MR) is 63.3 cm³/mol. The van der Waals surface area contributed by atoms with E-state index in [1.807, 2.05) is 0 Å². The molecule has 7 heteroatoms. The molecule has 0 saturated heterocycles. The molecule has 20 heavy (non-hydrogen) atoms. The standard InChI is InChI=1S/C13H10F4N2O/c14-8-2-1-3-10(12(8)13(15,16)17)19-11(20)6-9(18-19)7-4-5-7/h1-3,6-7,18H,4-5H2. The van der Waals surface area contributed by atoms with Crippen molar-refractivity contribution >= 4 is 0 Å². The summed E-state index contributed by atoms with van der Waals surface area (Å²) in [7, 11) is 0. The zero-order valence-electron chi connectivity index (χ0n) is 10.2. The zero-order valence-corrected chi connectivity index (χ0v) is 10.2. The molecular weight excluding hydrogens is 276 g/mol. The summed E-state index contributed by atoms with van der Waals surface area (Å²) in [6.45, 7) is 0. The van der Waals surface area contributed by atoms with Crippen LogP contribution >= 0.6 is 0 Å². The van der Waals surface area contributed by atoms with Crippen molar-refractivity contribution in [2.24, 2.45) is 0 Å². The third-order valence-corrected chi connectivity index (χ3v) is 3.27. The molecule has 0 bridgehead atoms. The summed E-state index contributed by atoms with van der Waals surface area (Å²) in [5.41, 5.74) is -1.99. The van der Waals surface area contributed by atoms with Crippen molar-refractivity contribution in [2.75, 3.05) is 0 Å². The van der Waals surface area contributed by atoms with Crippen molar-refractivity contribution in [2.45, 2.75) is 24.9 Å². The SMILES string of the molecule is O=c1cc(C2CC2)[nH]n1-c1cccc(F)c1C(F)(F)F. The number of nitrogens with zero attached hydrogens (tertiary/aromatic N) is 1. The van der Waals surface area contributed by atoms with Gasteiger partial charge in [0.2, 0.25) is 0 Å². The third kappa shape index (κ3) is 2.13. The van der Waals surface area contributed by atoms with Crippen LogP contribution in [0.25, 0.3) is 5.69 Å². The molecule has 1 aromatic carbocycles. The number of benzene rings is 1. The monoisotopic (exact) mass is 286 g/mol. The van der Waals surface area contributed by atoms with Gasteiger partial charge in [-0.1, -0.05) is 6.07 Å². The molecule has 0 atom stereocenters. The van der Waals surface area contributed by atoms with Gasteiger partial charge in [-0.2, -0.15) is 13.2 Å². The maximum atomic E-state index is 13.5. The molecule has 2 aromatic rings. The molecule has 0 radical (unpaired) electrons. The minimum absolute atomic E-state index is 0.187. The van der Waals surface area contributed by atoms with Gasteiger partial charge in [0.05, 0.1) is 5.69 Å². The van der Waals surface area contributed by atoms with E-state index < -0.39 is 28.8 Å². The number of hydrogen-bond donors (Lipinski definition) is 1. The Labute approximate surface area is 110 Å². The van der Waals surface area contributed by atoms with Crippen LogP contribution in [0.2, 0.25) is 0 Å². The molecule has 1 aromatic heterocycles. The van der Waals surface area contributed by atoms with E-state index in [2.05, 4.69) is 5.10 Å². The van der Waals surface area contributed by atoms with E-state index in [0.29, 0.717) is 5.69 Å². The molecule has 1 N–H and O–H groups in total. The van der Waals surface area contributed by atoms with Gasteiger partial charge in [-0.05, 0) is 25.0 Å².